The number of halogens is 1. The lowest BCUT2D eigenvalue weighted by molar-refractivity contribution is 0.109. The largest absolute Gasteiger partial charge is 0.300 e. The highest BCUT2D eigenvalue weighted by Crippen LogP contribution is 2.48. The number of alkyl halides is 1. The minimum absolute atomic E-state index is 0.662. The molecule has 2 atom stereocenters. The molecule has 0 amide bonds. The van der Waals surface area contributed by atoms with Crippen LogP contribution in [0.5, 0.6) is 0 Å². The first-order chi connectivity index (χ1) is 6.65. The summed E-state index contributed by atoms with van der Waals surface area (Å²) in [5.41, 5.74) is 0.662. The van der Waals surface area contributed by atoms with E-state index < -0.39 is 0 Å². The maximum absolute atomic E-state index is 3.67. The SMILES string of the molecule is CC1CCN(CC2(CBr)CC2)C(C)C1. The summed E-state index contributed by atoms with van der Waals surface area (Å²) in [5, 5.41) is 1.21. The second-order valence-electron chi connectivity index (χ2n) is 5.58. The zero-order chi connectivity index (χ0) is 10.2. The van der Waals surface area contributed by atoms with Crippen LogP contribution in [0.4, 0.5) is 0 Å². The number of hydrogen-bond acceptors (Lipinski definition) is 1. The molecule has 0 radical (unpaired) electrons. The summed E-state index contributed by atoms with van der Waals surface area (Å²) >= 11 is 3.67. The van der Waals surface area contributed by atoms with Crippen molar-refractivity contribution in [3.8, 4) is 0 Å². The smallest absolute Gasteiger partial charge is 0.0100 e. The third-order valence-electron chi connectivity index (χ3n) is 4.06. The minimum Gasteiger partial charge on any atom is -0.300 e. The van der Waals surface area contributed by atoms with Gasteiger partial charge in [-0.15, -0.1) is 0 Å². The Labute approximate surface area is 96.4 Å². The first kappa shape index (κ1) is 10.9. The van der Waals surface area contributed by atoms with Crippen LogP contribution in [0.3, 0.4) is 0 Å². The number of likely N-dealkylation sites (tertiary alicyclic amines) is 1. The number of hydrogen-bond donors (Lipinski definition) is 0. The molecule has 0 N–H and O–H groups in total. The second kappa shape index (κ2) is 4.13. The van der Waals surface area contributed by atoms with E-state index >= 15 is 0 Å². The monoisotopic (exact) mass is 259 g/mol. The van der Waals surface area contributed by atoms with Crippen molar-refractivity contribution in [3.63, 3.8) is 0 Å². The molecule has 1 nitrogen and oxygen atoms in total. The van der Waals surface area contributed by atoms with Gasteiger partial charge in [0.25, 0.3) is 0 Å². The van der Waals surface area contributed by atoms with Gasteiger partial charge in [0.2, 0.25) is 0 Å². The van der Waals surface area contributed by atoms with E-state index in [2.05, 4.69) is 34.7 Å². The molecule has 0 bridgehead atoms. The van der Waals surface area contributed by atoms with Gasteiger partial charge in [0, 0.05) is 17.9 Å². The van der Waals surface area contributed by atoms with Gasteiger partial charge in [-0.1, -0.05) is 22.9 Å². The van der Waals surface area contributed by atoms with Crippen LogP contribution in [0.15, 0.2) is 0 Å². The summed E-state index contributed by atoms with van der Waals surface area (Å²) in [6.07, 6.45) is 5.69. The molecule has 1 saturated carbocycles. The van der Waals surface area contributed by atoms with Crippen molar-refractivity contribution in [2.75, 3.05) is 18.4 Å². The lowest BCUT2D eigenvalue weighted by Crippen LogP contribution is -2.43. The molecule has 0 aromatic rings. The van der Waals surface area contributed by atoms with Crippen LogP contribution in [0.2, 0.25) is 0 Å². The van der Waals surface area contributed by atoms with Gasteiger partial charge in [-0.3, -0.25) is 0 Å². The van der Waals surface area contributed by atoms with E-state index in [4.69, 9.17) is 0 Å². The van der Waals surface area contributed by atoms with E-state index in [-0.39, 0.29) is 0 Å². The van der Waals surface area contributed by atoms with Gasteiger partial charge < -0.3 is 4.90 Å². The Balaban J connectivity index is 1.86. The predicted octanol–water partition coefficient (Wildman–Crippen LogP) is 3.28. The molecule has 2 heteroatoms. The van der Waals surface area contributed by atoms with E-state index in [1.165, 1.54) is 44.1 Å². The van der Waals surface area contributed by atoms with Crippen molar-refractivity contribution in [1.82, 2.24) is 4.90 Å². The Bertz CT molecular complexity index is 200. The zero-order valence-corrected chi connectivity index (χ0v) is 11.0. The van der Waals surface area contributed by atoms with Crippen LogP contribution in [-0.4, -0.2) is 29.4 Å². The topological polar surface area (TPSA) is 3.24 Å². The first-order valence-corrected chi connectivity index (χ1v) is 7.07. The Morgan fingerprint density at radius 2 is 2.07 bits per heavy atom. The lowest BCUT2D eigenvalue weighted by atomic mass is 9.92. The van der Waals surface area contributed by atoms with Crippen molar-refractivity contribution in [3.05, 3.63) is 0 Å². The summed E-state index contributed by atoms with van der Waals surface area (Å²) in [6.45, 7) is 7.47. The van der Waals surface area contributed by atoms with Crippen molar-refractivity contribution in [2.24, 2.45) is 11.3 Å². The molecule has 2 unspecified atom stereocenters. The van der Waals surface area contributed by atoms with Gasteiger partial charge in [0.15, 0.2) is 0 Å². The fourth-order valence-electron chi connectivity index (χ4n) is 2.63. The van der Waals surface area contributed by atoms with Gasteiger partial charge in [0.1, 0.15) is 0 Å². The standard InChI is InChI=1S/C12H22BrN/c1-10-3-6-14(11(2)7-10)9-12(8-13)4-5-12/h10-11H,3-9H2,1-2H3. The fourth-order valence-corrected chi connectivity index (χ4v) is 3.37. The third-order valence-corrected chi connectivity index (χ3v) is 5.24. The average molecular weight is 260 g/mol. The maximum Gasteiger partial charge on any atom is 0.0100 e. The van der Waals surface area contributed by atoms with Gasteiger partial charge in [-0.2, -0.15) is 0 Å². The summed E-state index contributed by atoms with van der Waals surface area (Å²) < 4.78 is 0. The molecule has 1 heterocycles. The Morgan fingerprint density at radius 1 is 1.36 bits per heavy atom. The summed E-state index contributed by atoms with van der Waals surface area (Å²) in [6, 6.07) is 0.815. The molecule has 0 aromatic heterocycles. The molecule has 1 aliphatic carbocycles. The van der Waals surface area contributed by atoms with Crippen molar-refractivity contribution in [1.29, 1.82) is 0 Å². The van der Waals surface area contributed by atoms with Gasteiger partial charge in [-0.25, -0.2) is 0 Å². The molecule has 14 heavy (non-hydrogen) atoms. The molecule has 0 aromatic carbocycles. The maximum atomic E-state index is 3.67. The highest BCUT2D eigenvalue weighted by Gasteiger charge is 2.43. The van der Waals surface area contributed by atoms with E-state index in [1.54, 1.807) is 0 Å². The zero-order valence-electron chi connectivity index (χ0n) is 9.43. The van der Waals surface area contributed by atoms with Crippen LogP contribution in [0.1, 0.15) is 39.5 Å². The van der Waals surface area contributed by atoms with Gasteiger partial charge in [0.05, 0.1) is 0 Å². The van der Waals surface area contributed by atoms with E-state index in [0.29, 0.717) is 5.41 Å². The van der Waals surface area contributed by atoms with E-state index in [0.717, 1.165) is 12.0 Å². The summed E-state index contributed by atoms with van der Waals surface area (Å²) in [5.74, 6) is 0.945. The number of piperidine rings is 1. The fraction of sp³-hybridized carbons (Fsp3) is 1.00. The van der Waals surface area contributed by atoms with Crippen LogP contribution in [-0.2, 0) is 0 Å². The number of nitrogens with zero attached hydrogens (tertiary/aromatic N) is 1. The molecule has 1 saturated heterocycles. The molecule has 2 fully saturated rings. The molecule has 82 valence electrons. The van der Waals surface area contributed by atoms with Crippen LogP contribution in [0.25, 0.3) is 0 Å². The van der Waals surface area contributed by atoms with Crippen molar-refractivity contribution in [2.45, 2.75) is 45.6 Å². The van der Waals surface area contributed by atoms with Crippen molar-refractivity contribution >= 4 is 15.9 Å². The normalized spacial score (nSPS) is 37.1. The second-order valence-corrected chi connectivity index (χ2v) is 6.14. The minimum atomic E-state index is 0.662. The third kappa shape index (κ3) is 2.33. The molecule has 2 aliphatic rings. The van der Waals surface area contributed by atoms with Crippen LogP contribution >= 0.6 is 15.9 Å². The Kier molecular flexibility index (Phi) is 3.23. The van der Waals surface area contributed by atoms with Crippen LogP contribution in [0, 0.1) is 11.3 Å². The predicted molar refractivity (Wildman–Crippen MR) is 64.9 cm³/mol. The highest BCUT2D eigenvalue weighted by molar-refractivity contribution is 9.09. The van der Waals surface area contributed by atoms with Gasteiger partial charge >= 0.3 is 0 Å². The van der Waals surface area contributed by atoms with Gasteiger partial charge in [-0.05, 0) is 50.5 Å². The van der Waals surface area contributed by atoms with Crippen LogP contribution < -0.4 is 0 Å². The quantitative estimate of drug-likeness (QED) is 0.704. The summed E-state index contributed by atoms with van der Waals surface area (Å²) in [7, 11) is 0. The van der Waals surface area contributed by atoms with E-state index in [9.17, 15) is 0 Å². The molecule has 0 spiro atoms. The lowest BCUT2D eigenvalue weighted by Gasteiger charge is -2.38. The highest BCUT2D eigenvalue weighted by atomic mass is 79.9. The average Bonchev–Trinajstić information content (AvgIpc) is 2.91. The van der Waals surface area contributed by atoms with Crippen molar-refractivity contribution < 1.29 is 0 Å². The Morgan fingerprint density at radius 3 is 2.57 bits per heavy atom. The summed E-state index contributed by atoms with van der Waals surface area (Å²) in [4.78, 5) is 2.72. The molecule has 1 aliphatic heterocycles. The Hall–Kier alpha value is 0.440. The van der Waals surface area contributed by atoms with E-state index in [1.807, 2.05) is 0 Å². The number of rotatable bonds is 3. The molecule has 2 rings (SSSR count). The first-order valence-electron chi connectivity index (χ1n) is 5.95. The molecular formula is C12H22BrN. The molecular weight excluding hydrogens is 238 g/mol.